The Morgan fingerprint density at radius 2 is 1.91 bits per heavy atom. The number of amides is 1. The molecule has 0 aliphatic rings. The first kappa shape index (κ1) is 24.5. The number of pyridine rings is 1. The molecule has 3 aromatic rings. The number of carbonyl (C=O) groups is 1. The molecule has 0 aliphatic heterocycles. The highest BCUT2D eigenvalue weighted by Crippen LogP contribution is 2.35. The number of anilines is 4. The van der Waals surface area contributed by atoms with E-state index in [9.17, 15) is 18.0 Å². The van der Waals surface area contributed by atoms with Gasteiger partial charge in [0.2, 0.25) is 17.7 Å². The first-order chi connectivity index (χ1) is 16.1. The Labute approximate surface area is 194 Å². The van der Waals surface area contributed by atoms with Crippen LogP contribution in [0.4, 0.5) is 36.3 Å². The summed E-state index contributed by atoms with van der Waals surface area (Å²) in [6.07, 6.45) is -1.30. The summed E-state index contributed by atoms with van der Waals surface area (Å²) in [4.78, 5) is 23.7. The lowest BCUT2D eigenvalue weighted by molar-refractivity contribution is -0.137. The molecule has 0 fully saturated rings. The standard InChI is InChI=1S/C23H23F3N6O2/c1-5-19(33)30-18-8-13(2)6-7-15(18)11-28-21-16(23(24,25)26)12-29-22(32-21)31-17-9-20(34-4)27-10-14(17)3/h5-10,12H,1,11H2,2-4H3,(H,30,33)(H2,27,28,29,31,32). The summed E-state index contributed by atoms with van der Waals surface area (Å²) in [5.74, 6) is -0.562. The highest BCUT2D eigenvalue weighted by Gasteiger charge is 2.35. The number of nitrogens with one attached hydrogen (secondary N) is 3. The summed E-state index contributed by atoms with van der Waals surface area (Å²) in [6.45, 7) is 6.99. The Hall–Kier alpha value is -4.15. The third kappa shape index (κ3) is 6.00. The molecule has 8 nitrogen and oxygen atoms in total. The van der Waals surface area contributed by atoms with Crippen molar-refractivity contribution in [3.8, 4) is 5.88 Å². The molecule has 0 saturated heterocycles. The van der Waals surface area contributed by atoms with Crippen LogP contribution in [0.2, 0.25) is 0 Å². The van der Waals surface area contributed by atoms with Crippen LogP contribution in [0.25, 0.3) is 0 Å². The van der Waals surface area contributed by atoms with Crippen LogP contribution < -0.4 is 20.7 Å². The first-order valence-electron chi connectivity index (χ1n) is 10.1. The molecule has 2 heterocycles. The number of aromatic nitrogens is 3. The molecule has 34 heavy (non-hydrogen) atoms. The van der Waals surface area contributed by atoms with Crippen molar-refractivity contribution in [3.05, 3.63) is 71.6 Å². The predicted octanol–water partition coefficient (Wildman–Crippen LogP) is 5.00. The van der Waals surface area contributed by atoms with E-state index in [4.69, 9.17) is 4.74 Å². The molecule has 0 aliphatic carbocycles. The minimum absolute atomic E-state index is 0.0331. The topological polar surface area (TPSA) is 101 Å². The summed E-state index contributed by atoms with van der Waals surface area (Å²) in [7, 11) is 1.45. The van der Waals surface area contributed by atoms with Crippen molar-refractivity contribution < 1.29 is 22.7 Å². The average Bonchev–Trinajstić information content (AvgIpc) is 2.79. The molecule has 0 saturated carbocycles. The largest absolute Gasteiger partial charge is 0.481 e. The van der Waals surface area contributed by atoms with E-state index in [0.717, 1.165) is 17.2 Å². The zero-order chi connectivity index (χ0) is 24.9. The van der Waals surface area contributed by atoms with Gasteiger partial charge >= 0.3 is 6.18 Å². The smallest absolute Gasteiger partial charge is 0.421 e. The Bertz CT molecular complexity index is 1210. The minimum atomic E-state index is -4.68. The molecule has 3 N–H and O–H groups in total. The molecule has 0 radical (unpaired) electrons. The maximum absolute atomic E-state index is 13.6. The van der Waals surface area contributed by atoms with E-state index >= 15 is 0 Å². The van der Waals surface area contributed by atoms with Crippen LogP contribution in [0.1, 0.15) is 22.3 Å². The Kier molecular flexibility index (Phi) is 7.34. The summed E-state index contributed by atoms with van der Waals surface area (Å²) in [5.41, 5.74) is 2.13. The average molecular weight is 472 g/mol. The number of hydrogen-bond acceptors (Lipinski definition) is 7. The number of halogens is 3. The third-order valence-corrected chi connectivity index (χ3v) is 4.78. The monoisotopic (exact) mass is 472 g/mol. The van der Waals surface area contributed by atoms with Gasteiger partial charge in [-0.15, -0.1) is 0 Å². The lowest BCUT2D eigenvalue weighted by atomic mass is 10.1. The van der Waals surface area contributed by atoms with Gasteiger partial charge in [-0.05, 0) is 42.7 Å². The van der Waals surface area contributed by atoms with Gasteiger partial charge in [0.15, 0.2) is 0 Å². The minimum Gasteiger partial charge on any atom is -0.481 e. The van der Waals surface area contributed by atoms with Gasteiger partial charge in [-0.2, -0.15) is 18.2 Å². The van der Waals surface area contributed by atoms with Crippen molar-refractivity contribution >= 4 is 29.0 Å². The van der Waals surface area contributed by atoms with Crippen LogP contribution in [0, 0.1) is 13.8 Å². The normalized spacial score (nSPS) is 11.0. The fourth-order valence-electron chi connectivity index (χ4n) is 2.98. The molecular weight excluding hydrogens is 449 g/mol. The van der Waals surface area contributed by atoms with Gasteiger partial charge in [-0.1, -0.05) is 18.7 Å². The number of aryl methyl sites for hydroxylation is 2. The highest BCUT2D eigenvalue weighted by atomic mass is 19.4. The number of ether oxygens (including phenoxy) is 1. The van der Waals surface area contributed by atoms with Gasteiger partial charge in [0, 0.05) is 30.7 Å². The van der Waals surface area contributed by atoms with Gasteiger partial charge in [0.05, 0.1) is 12.8 Å². The van der Waals surface area contributed by atoms with E-state index in [1.165, 1.54) is 7.11 Å². The molecule has 1 aromatic carbocycles. The quantitative estimate of drug-likeness (QED) is 0.397. The van der Waals surface area contributed by atoms with Crippen molar-refractivity contribution in [1.82, 2.24) is 15.0 Å². The number of carbonyl (C=O) groups excluding carboxylic acids is 1. The van der Waals surface area contributed by atoms with Crippen molar-refractivity contribution in [1.29, 1.82) is 0 Å². The van der Waals surface area contributed by atoms with E-state index in [2.05, 4.69) is 37.5 Å². The van der Waals surface area contributed by atoms with Crippen LogP contribution in [0.15, 0.2) is 49.3 Å². The van der Waals surface area contributed by atoms with E-state index in [1.54, 1.807) is 37.4 Å². The predicted molar refractivity (Wildman–Crippen MR) is 123 cm³/mol. The molecule has 0 unspecified atom stereocenters. The van der Waals surface area contributed by atoms with Crippen LogP contribution in [-0.2, 0) is 17.5 Å². The summed E-state index contributed by atoms with van der Waals surface area (Å²) in [5, 5.41) is 8.29. The van der Waals surface area contributed by atoms with Crippen molar-refractivity contribution in [2.45, 2.75) is 26.6 Å². The molecule has 0 atom stereocenters. The van der Waals surface area contributed by atoms with E-state index in [1.807, 2.05) is 6.92 Å². The summed E-state index contributed by atoms with van der Waals surface area (Å²) < 4.78 is 45.9. The second kappa shape index (κ2) is 10.2. The summed E-state index contributed by atoms with van der Waals surface area (Å²) >= 11 is 0. The molecule has 178 valence electrons. The lowest BCUT2D eigenvalue weighted by Crippen LogP contribution is -2.16. The molecule has 3 rings (SSSR count). The zero-order valence-corrected chi connectivity index (χ0v) is 18.7. The molecule has 2 aromatic heterocycles. The number of alkyl halides is 3. The number of methoxy groups -OCH3 is 1. The molecule has 1 amide bonds. The highest BCUT2D eigenvalue weighted by molar-refractivity contribution is 5.99. The third-order valence-electron chi connectivity index (χ3n) is 4.78. The maximum Gasteiger partial charge on any atom is 0.421 e. The summed E-state index contributed by atoms with van der Waals surface area (Å²) in [6, 6.07) is 6.80. The van der Waals surface area contributed by atoms with Gasteiger partial charge in [-0.25, -0.2) is 9.97 Å². The maximum atomic E-state index is 13.6. The van der Waals surface area contributed by atoms with Crippen LogP contribution in [0.5, 0.6) is 5.88 Å². The fraction of sp³-hybridized carbons (Fsp3) is 0.217. The molecule has 0 spiro atoms. The lowest BCUT2D eigenvalue weighted by Gasteiger charge is -2.17. The molecule has 0 bridgehead atoms. The number of hydrogen-bond donors (Lipinski definition) is 3. The van der Waals surface area contributed by atoms with Crippen LogP contribution in [-0.4, -0.2) is 28.0 Å². The van der Waals surface area contributed by atoms with Gasteiger partial charge in [0.1, 0.15) is 11.4 Å². The van der Waals surface area contributed by atoms with Gasteiger partial charge in [-0.3, -0.25) is 4.79 Å². The van der Waals surface area contributed by atoms with Crippen LogP contribution >= 0.6 is 0 Å². The fourth-order valence-corrected chi connectivity index (χ4v) is 2.98. The Morgan fingerprint density at radius 3 is 2.59 bits per heavy atom. The number of rotatable bonds is 8. The van der Waals surface area contributed by atoms with E-state index in [0.29, 0.717) is 29.0 Å². The number of nitrogens with zero attached hydrogens (tertiary/aromatic N) is 3. The Balaban J connectivity index is 1.92. The van der Waals surface area contributed by atoms with Gasteiger partial charge in [0.25, 0.3) is 0 Å². The van der Waals surface area contributed by atoms with Crippen molar-refractivity contribution in [3.63, 3.8) is 0 Å². The first-order valence-corrected chi connectivity index (χ1v) is 10.1. The molecular formula is C23H23F3N6O2. The number of benzene rings is 1. The van der Waals surface area contributed by atoms with Crippen molar-refractivity contribution in [2.24, 2.45) is 0 Å². The van der Waals surface area contributed by atoms with Gasteiger partial charge < -0.3 is 20.7 Å². The van der Waals surface area contributed by atoms with E-state index < -0.39 is 23.5 Å². The second-order valence-corrected chi connectivity index (χ2v) is 7.33. The molecule has 11 heteroatoms. The van der Waals surface area contributed by atoms with Crippen molar-refractivity contribution in [2.75, 3.05) is 23.1 Å². The van der Waals surface area contributed by atoms with Crippen LogP contribution in [0.3, 0.4) is 0 Å². The van der Waals surface area contributed by atoms with E-state index in [-0.39, 0.29) is 12.5 Å². The zero-order valence-electron chi connectivity index (χ0n) is 18.7. The Morgan fingerprint density at radius 1 is 1.15 bits per heavy atom. The second-order valence-electron chi connectivity index (χ2n) is 7.33. The SMILES string of the molecule is C=CC(=O)Nc1cc(C)ccc1CNc1nc(Nc2cc(OC)ncc2C)ncc1C(F)(F)F.